The average molecular weight is 407 g/mol. The first-order valence-electron chi connectivity index (χ1n) is 9.40. The molecule has 0 aromatic heterocycles. The third-order valence-corrected chi connectivity index (χ3v) is 3.58. The number of rotatable bonds is 10. The highest BCUT2D eigenvalue weighted by atomic mass is 16.6. The maximum Gasteiger partial charge on any atom is 0.413 e. The zero-order valence-corrected chi connectivity index (χ0v) is 17.1. The van der Waals surface area contributed by atoms with Gasteiger partial charge in [0.15, 0.2) is 0 Å². The van der Waals surface area contributed by atoms with Gasteiger partial charge in [-0.25, -0.2) is 4.79 Å². The van der Waals surface area contributed by atoms with E-state index in [4.69, 9.17) is 19.6 Å². The summed E-state index contributed by atoms with van der Waals surface area (Å²) >= 11 is 0. The van der Waals surface area contributed by atoms with Gasteiger partial charge < -0.3 is 19.1 Å². The quantitative estimate of drug-likeness (QED) is 0.200. The Hall–Kier alpha value is -3.10. The van der Waals surface area contributed by atoms with Crippen molar-refractivity contribution in [3.63, 3.8) is 0 Å². The first kappa shape index (κ1) is 23.9. The zero-order chi connectivity index (χ0) is 21.6. The number of carbonyl (C=O) groups is 3. The van der Waals surface area contributed by atoms with Crippen LogP contribution in [-0.2, 0) is 30.2 Å². The Labute approximate surface area is 170 Å². The van der Waals surface area contributed by atoms with Gasteiger partial charge >= 0.3 is 18.0 Å². The number of nitrogens with one attached hydrogen (secondary N) is 2. The van der Waals surface area contributed by atoms with E-state index in [0.29, 0.717) is 12.8 Å². The first-order chi connectivity index (χ1) is 13.8. The number of aryl methyl sites for hydroxylation is 1. The van der Waals surface area contributed by atoms with E-state index < -0.39 is 12.1 Å². The standard InChI is InChI=1S/C20H29N3O6/c1-15(2)29-18(25)14-23(3)19(21)22-20(26)28-13-7-12-27-17(24)11-10-16-8-5-4-6-9-16/h4-6,8-9,15H,7,10-14H2,1-3H3,(H2,21,22,26). The Morgan fingerprint density at radius 2 is 1.72 bits per heavy atom. The lowest BCUT2D eigenvalue weighted by Crippen LogP contribution is -2.44. The summed E-state index contributed by atoms with van der Waals surface area (Å²) in [4.78, 5) is 36.1. The van der Waals surface area contributed by atoms with Crippen LogP contribution in [0.2, 0.25) is 0 Å². The third kappa shape index (κ3) is 11.4. The number of ether oxygens (including phenoxy) is 3. The molecule has 0 saturated heterocycles. The molecule has 0 radical (unpaired) electrons. The smallest absolute Gasteiger partial charge is 0.413 e. The Kier molecular flexibility index (Phi) is 10.8. The molecular formula is C20H29N3O6. The van der Waals surface area contributed by atoms with Crippen molar-refractivity contribution in [1.82, 2.24) is 10.2 Å². The van der Waals surface area contributed by atoms with E-state index in [2.05, 4.69) is 5.32 Å². The molecule has 0 aliphatic carbocycles. The Bertz CT molecular complexity index is 678. The molecule has 29 heavy (non-hydrogen) atoms. The highest BCUT2D eigenvalue weighted by Gasteiger charge is 2.15. The molecule has 0 aliphatic rings. The number of alkyl carbamates (subject to hydrolysis) is 1. The monoisotopic (exact) mass is 407 g/mol. The zero-order valence-electron chi connectivity index (χ0n) is 17.1. The number of hydrogen-bond acceptors (Lipinski definition) is 7. The number of likely N-dealkylation sites (N-methyl/N-ethyl adjacent to an activating group) is 1. The van der Waals surface area contributed by atoms with E-state index in [1.807, 2.05) is 30.3 Å². The van der Waals surface area contributed by atoms with E-state index in [9.17, 15) is 14.4 Å². The number of amides is 1. The molecule has 0 saturated carbocycles. The van der Waals surface area contributed by atoms with Gasteiger partial charge in [0.05, 0.1) is 19.3 Å². The summed E-state index contributed by atoms with van der Waals surface area (Å²) in [5.41, 5.74) is 1.06. The van der Waals surface area contributed by atoms with Crippen LogP contribution in [0.1, 0.15) is 32.3 Å². The van der Waals surface area contributed by atoms with Gasteiger partial charge in [0.1, 0.15) is 6.54 Å². The number of nitrogens with zero attached hydrogens (tertiary/aromatic N) is 1. The lowest BCUT2D eigenvalue weighted by atomic mass is 10.1. The van der Waals surface area contributed by atoms with Crippen molar-refractivity contribution in [2.24, 2.45) is 0 Å². The van der Waals surface area contributed by atoms with Crippen LogP contribution < -0.4 is 5.32 Å². The molecule has 1 aromatic carbocycles. The van der Waals surface area contributed by atoms with Crippen molar-refractivity contribution in [2.45, 2.75) is 39.2 Å². The molecule has 9 heteroatoms. The van der Waals surface area contributed by atoms with E-state index in [1.165, 1.54) is 11.9 Å². The molecule has 1 amide bonds. The maximum absolute atomic E-state index is 11.7. The molecule has 0 heterocycles. The van der Waals surface area contributed by atoms with Crippen LogP contribution in [0.15, 0.2) is 30.3 Å². The molecule has 0 bridgehead atoms. The SMILES string of the molecule is CC(C)OC(=O)CN(C)C(=N)NC(=O)OCCCOC(=O)CCc1ccccc1. The molecule has 0 aliphatic heterocycles. The van der Waals surface area contributed by atoms with Crippen LogP contribution in [0.3, 0.4) is 0 Å². The minimum Gasteiger partial charge on any atom is -0.466 e. The fourth-order valence-electron chi connectivity index (χ4n) is 2.17. The summed E-state index contributed by atoms with van der Waals surface area (Å²) in [5, 5.41) is 9.94. The topological polar surface area (TPSA) is 118 Å². The van der Waals surface area contributed by atoms with E-state index in [0.717, 1.165) is 5.56 Å². The summed E-state index contributed by atoms with van der Waals surface area (Å²) in [5.74, 6) is -1.10. The second kappa shape index (κ2) is 13.1. The van der Waals surface area contributed by atoms with Gasteiger partial charge in [-0.05, 0) is 25.8 Å². The predicted octanol–water partition coefficient (Wildman–Crippen LogP) is 2.10. The Morgan fingerprint density at radius 3 is 2.38 bits per heavy atom. The summed E-state index contributed by atoms with van der Waals surface area (Å²) in [7, 11) is 1.47. The third-order valence-electron chi connectivity index (χ3n) is 3.58. The normalized spacial score (nSPS) is 10.2. The Morgan fingerprint density at radius 1 is 1.07 bits per heavy atom. The summed E-state index contributed by atoms with van der Waals surface area (Å²) in [6.07, 6.45) is 0.159. The molecule has 0 fully saturated rings. The number of benzene rings is 1. The van der Waals surface area contributed by atoms with Crippen molar-refractivity contribution in [3.05, 3.63) is 35.9 Å². The van der Waals surface area contributed by atoms with Crippen molar-refractivity contribution in [1.29, 1.82) is 5.41 Å². The number of guanidine groups is 1. The van der Waals surface area contributed by atoms with Gasteiger partial charge in [-0.2, -0.15) is 0 Å². The molecule has 2 N–H and O–H groups in total. The largest absolute Gasteiger partial charge is 0.466 e. The van der Waals surface area contributed by atoms with E-state index >= 15 is 0 Å². The second-order valence-corrected chi connectivity index (χ2v) is 6.56. The minimum atomic E-state index is -0.825. The van der Waals surface area contributed by atoms with Crippen molar-refractivity contribution in [3.8, 4) is 0 Å². The predicted molar refractivity (Wildman–Crippen MR) is 106 cm³/mol. The fraction of sp³-hybridized carbons (Fsp3) is 0.500. The van der Waals surface area contributed by atoms with Gasteiger partial charge in [-0.15, -0.1) is 0 Å². The molecule has 1 aromatic rings. The average Bonchev–Trinajstić information content (AvgIpc) is 2.66. The minimum absolute atomic E-state index is 0.0319. The molecule has 0 atom stereocenters. The van der Waals surface area contributed by atoms with Crippen LogP contribution in [0.5, 0.6) is 0 Å². The summed E-state index contributed by atoms with van der Waals surface area (Å²) in [6.45, 7) is 3.44. The van der Waals surface area contributed by atoms with Crippen molar-refractivity contribution in [2.75, 3.05) is 26.8 Å². The number of hydrogen-bond donors (Lipinski definition) is 2. The van der Waals surface area contributed by atoms with E-state index in [1.54, 1.807) is 13.8 Å². The van der Waals surface area contributed by atoms with Gasteiger partial charge in [0, 0.05) is 19.9 Å². The Balaban J connectivity index is 2.11. The van der Waals surface area contributed by atoms with E-state index in [-0.39, 0.29) is 44.2 Å². The highest BCUT2D eigenvalue weighted by molar-refractivity contribution is 5.93. The van der Waals surface area contributed by atoms with Gasteiger partial charge in [-0.3, -0.25) is 20.3 Å². The maximum atomic E-state index is 11.7. The van der Waals surface area contributed by atoms with Crippen LogP contribution in [-0.4, -0.2) is 61.8 Å². The first-order valence-corrected chi connectivity index (χ1v) is 9.40. The fourth-order valence-corrected chi connectivity index (χ4v) is 2.17. The van der Waals surface area contributed by atoms with Crippen molar-refractivity contribution >= 4 is 24.0 Å². The molecule has 0 spiro atoms. The highest BCUT2D eigenvalue weighted by Crippen LogP contribution is 2.03. The van der Waals surface area contributed by atoms with Crippen LogP contribution in [0, 0.1) is 5.41 Å². The summed E-state index contributed by atoms with van der Waals surface area (Å²) < 4.78 is 15.0. The molecule has 1 rings (SSSR count). The lowest BCUT2D eigenvalue weighted by molar-refractivity contribution is -0.147. The molecule has 9 nitrogen and oxygen atoms in total. The number of carbonyl (C=O) groups excluding carboxylic acids is 3. The summed E-state index contributed by atoms with van der Waals surface area (Å²) in [6, 6.07) is 9.64. The van der Waals surface area contributed by atoms with Gasteiger partial charge in [-0.1, -0.05) is 30.3 Å². The van der Waals surface area contributed by atoms with Crippen molar-refractivity contribution < 1.29 is 28.6 Å². The van der Waals surface area contributed by atoms with Gasteiger partial charge in [0.25, 0.3) is 0 Å². The lowest BCUT2D eigenvalue weighted by Gasteiger charge is -2.19. The van der Waals surface area contributed by atoms with Crippen LogP contribution in [0.4, 0.5) is 4.79 Å². The van der Waals surface area contributed by atoms with Gasteiger partial charge in [0.2, 0.25) is 5.96 Å². The molecule has 160 valence electrons. The second-order valence-electron chi connectivity index (χ2n) is 6.56. The number of esters is 2. The van der Waals surface area contributed by atoms with Crippen LogP contribution in [0.25, 0.3) is 0 Å². The molecular weight excluding hydrogens is 378 g/mol. The molecule has 0 unspecified atom stereocenters. The van der Waals surface area contributed by atoms with Crippen LogP contribution >= 0.6 is 0 Å².